The van der Waals surface area contributed by atoms with Gasteiger partial charge in [-0.1, -0.05) is 42.0 Å². The number of hydrogen-bond acceptors (Lipinski definition) is 2. The largest absolute Gasteiger partial charge is 0.491 e. The Hall–Kier alpha value is -1.84. The fourth-order valence-electron chi connectivity index (χ4n) is 7.44. The quantitative estimate of drug-likeness (QED) is 0.558. The Morgan fingerprint density at radius 1 is 0.906 bits per heavy atom. The molecule has 0 aliphatic heterocycles. The zero-order valence-electron chi connectivity index (χ0n) is 20.1. The van der Waals surface area contributed by atoms with Crippen LogP contribution in [0, 0.1) is 24.7 Å². The summed E-state index contributed by atoms with van der Waals surface area (Å²) in [6.45, 7) is 4.02. The SMILES string of the molecule is Cc1ccc(C[N+](C)(C)CC(O)COc2ccc(C34CC5CC(CC(C5)C3)C4)cc2)cc1. The Balaban J connectivity index is 1.14. The Morgan fingerprint density at radius 2 is 1.47 bits per heavy atom. The van der Waals surface area contributed by atoms with Gasteiger partial charge in [0.1, 0.15) is 31.5 Å². The lowest BCUT2D eigenvalue weighted by Crippen LogP contribution is -2.48. The molecule has 0 aromatic heterocycles. The van der Waals surface area contributed by atoms with Crippen molar-refractivity contribution in [2.45, 2.75) is 63.5 Å². The molecule has 4 saturated carbocycles. The molecule has 32 heavy (non-hydrogen) atoms. The lowest BCUT2D eigenvalue weighted by atomic mass is 9.48. The zero-order chi connectivity index (χ0) is 22.3. The molecule has 3 nitrogen and oxygen atoms in total. The number of quaternary nitrogens is 1. The summed E-state index contributed by atoms with van der Waals surface area (Å²) in [7, 11) is 4.34. The van der Waals surface area contributed by atoms with E-state index in [1.807, 2.05) is 0 Å². The number of aryl methyl sites for hydroxylation is 1. The van der Waals surface area contributed by atoms with Crippen molar-refractivity contribution in [2.75, 3.05) is 27.2 Å². The first-order valence-corrected chi connectivity index (χ1v) is 12.6. The van der Waals surface area contributed by atoms with E-state index >= 15 is 0 Å². The molecule has 0 radical (unpaired) electrons. The van der Waals surface area contributed by atoms with E-state index in [2.05, 4.69) is 69.6 Å². The molecule has 172 valence electrons. The number of aliphatic hydroxyl groups excluding tert-OH is 1. The molecule has 4 fully saturated rings. The summed E-state index contributed by atoms with van der Waals surface area (Å²) >= 11 is 0. The number of hydrogen-bond donors (Lipinski definition) is 1. The standard InChI is InChI=1S/C29H40NO2/c1-21-4-6-22(7-5-21)18-30(2,3)19-27(31)20-32-28-10-8-26(9-11-28)29-15-23-12-24(16-29)14-25(13-23)17-29/h4-11,23-25,27,31H,12-20H2,1-3H3/q+1. The monoisotopic (exact) mass is 434 g/mol. The number of ether oxygens (including phenoxy) is 1. The summed E-state index contributed by atoms with van der Waals surface area (Å²) in [5.74, 6) is 3.78. The van der Waals surface area contributed by atoms with Crippen LogP contribution < -0.4 is 4.74 Å². The van der Waals surface area contributed by atoms with E-state index in [-0.39, 0.29) is 0 Å². The Morgan fingerprint density at radius 3 is 2.03 bits per heavy atom. The van der Waals surface area contributed by atoms with Crippen molar-refractivity contribution in [3.05, 3.63) is 65.2 Å². The van der Waals surface area contributed by atoms with Crippen LogP contribution in [0.25, 0.3) is 0 Å². The minimum absolute atomic E-state index is 0.340. The van der Waals surface area contributed by atoms with Gasteiger partial charge < -0.3 is 14.3 Å². The average molecular weight is 435 g/mol. The minimum Gasteiger partial charge on any atom is -0.491 e. The van der Waals surface area contributed by atoms with Crippen LogP contribution in [0.2, 0.25) is 0 Å². The van der Waals surface area contributed by atoms with Crippen LogP contribution in [0.3, 0.4) is 0 Å². The molecule has 0 saturated heterocycles. The predicted molar refractivity (Wildman–Crippen MR) is 130 cm³/mol. The zero-order valence-corrected chi connectivity index (χ0v) is 20.1. The molecule has 1 atom stereocenters. The molecule has 2 aromatic rings. The summed E-state index contributed by atoms with van der Waals surface area (Å²) in [6.07, 6.45) is 8.15. The number of benzene rings is 2. The van der Waals surface area contributed by atoms with Crippen LogP contribution in [-0.2, 0) is 12.0 Å². The maximum atomic E-state index is 10.6. The summed E-state index contributed by atoms with van der Waals surface area (Å²) in [5, 5.41) is 10.6. The maximum absolute atomic E-state index is 10.6. The molecule has 1 unspecified atom stereocenters. The minimum atomic E-state index is -0.488. The number of rotatable bonds is 8. The fraction of sp³-hybridized carbons (Fsp3) is 0.586. The van der Waals surface area contributed by atoms with Gasteiger partial charge in [-0.05, 0) is 86.3 Å². The molecule has 0 heterocycles. The van der Waals surface area contributed by atoms with E-state index < -0.39 is 6.10 Å². The molecule has 2 aromatic carbocycles. The van der Waals surface area contributed by atoms with Crippen LogP contribution in [0.5, 0.6) is 5.75 Å². The van der Waals surface area contributed by atoms with Crippen LogP contribution in [0.15, 0.2) is 48.5 Å². The van der Waals surface area contributed by atoms with Crippen LogP contribution >= 0.6 is 0 Å². The Labute approximate surface area is 194 Å². The number of likely N-dealkylation sites (N-methyl/N-ethyl adjacent to an activating group) is 1. The highest BCUT2D eigenvalue weighted by molar-refractivity contribution is 5.34. The Kier molecular flexibility index (Phi) is 5.84. The van der Waals surface area contributed by atoms with Crippen LogP contribution in [0.4, 0.5) is 0 Å². The highest BCUT2D eigenvalue weighted by Gasteiger charge is 2.51. The van der Waals surface area contributed by atoms with E-state index in [1.54, 1.807) is 0 Å². The molecule has 1 N–H and O–H groups in total. The summed E-state index contributed by atoms with van der Waals surface area (Å²) in [4.78, 5) is 0. The van der Waals surface area contributed by atoms with E-state index in [1.165, 1.54) is 55.2 Å². The summed E-state index contributed by atoms with van der Waals surface area (Å²) < 4.78 is 6.73. The molecule has 4 aliphatic carbocycles. The molecule has 6 rings (SSSR count). The second-order valence-corrected chi connectivity index (χ2v) is 11.9. The normalized spacial score (nSPS) is 29.8. The highest BCUT2D eigenvalue weighted by atomic mass is 16.5. The lowest BCUT2D eigenvalue weighted by molar-refractivity contribution is -0.906. The fourth-order valence-corrected chi connectivity index (χ4v) is 7.44. The second kappa shape index (κ2) is 8.50. The van der Waals surface area contributed by atoms with E-state index in [0.29, 0.717) is 18.6 Å². The summed E-state index contributed by atoms with van der Waals surface area (Å²) in [6, 6.07) is 17.6. The van der Waals surface area contributed by atoms with Crippen molar-refractivity contribution in [1.29, 1.82) is 0 Å². The van der Waals surface area contributed by atoms with Crippen LogP contribution in [0.1, 0.15) is 55.2 Å². The van der Waals surface area contributed by atoms with Gasteiger partial charge in [0, 0.05) is 5.56 Å². The van der Waals surface area contributed by atoms with Gasteiger partial charge in [-0.2, -0.15) is 0 Å². The van der Waals surface area contributed by atoms with E-state index in [4.69, 9.17) is 4.74 Å². The van der Waals surface area contributed by atoms with Gasteiger partial charge in [-0.15, -0.1) is 0 Å². The second-order valence-electron chi connectivity index (χ2n) is 11.9. The Bertz CT molecular complexity index is 880. The van der Waals surface area contributed by atoms with Gasteiger partial charge in [0.25, 0.3) is 0 Å². The molecular formula is C29H40NO2+. The molecule has 0 amide bonds. The van der Waals surface area contributed by atoms with Crippen molar-refractivity contribution < 1.29 is 14.3 Å². The third-order valence-electron chi connectivity index (χ3n) is 8.38. The molecule has 0 spiro atoms. The van der Waals surface area contributed by atoms with Crippen molar-refractivity contribution in [3.8, 4) is 5.75 Å². The lowest BCUT2D eigenvalue weighted by Gasteiger charge is -2.57. The van der Waals surface area contributed by atoms with E-state index in [0.717, 1.165) is 34.5 Å². The number of nitrogens with zero attached hydrogens (tertiary/aromatic N) is 1. The van der Waals surface area contributed by atoms with Gasteiger partial charge in [-0.3, -0.25) is 0 Å². The first kappa shape index (κ1) is 22.0. The van der Waals surface area contributed by atoms with Crippen LogP contribution in [-0.4, -0.2) is 42.9 Å². The van der Waals surface area contributed by atoms with Crippen molar-refractivity contribution in [1.82, 2.24) is 0 Å². The average Bonchev–Trinajstić information content (AvgIpc) is 2.73. The third kappa shape index (κ3) is 4.75. The van der Waals surface area contributed by atoms with Gasteiger partial charge in [-0.25, -0.2) is 0 Å². The van der Waals surface area contributed by atoms with E-state index in [9.17, 15) is 5.11 Å². The predicted octanol–water partition coefficient (Wildman–Crippen LogP) is 5.48. The first-order chi connectivity index (χ1) is 15.3. The van der Waals surface area contributed by atoms with Gasteiger partial charge >= 0.3 is 0 Å². The van der Waals surface area contributed by atoms with Crippen molar-refractivity contribution >= 4 is 0 Å². The molecular weight excluding hydrogens is 394 g/mol. The maximum Gasteiger partial charge on any atom is 0.137 e. The highest BCUT2D eigenvalue weighted by Crippen LogP contribution is 2.60. The van der Waals surface area contributed by atoms with Gasteiger partial charge in [0.15, 0.2) is 0 Å². The molecule has 4 aliphatic rings. The first-order valence-electron chi connectivity index (χ1n) is 12.6. The molecule has 3 heteroatoms. The van der Waals surface area contributed by atoms with Crippen molar-refractivity contribution in [2.24, 2.45) is 17.8 Å². The third-order valence-corrected chi connectivity index (χ3v) is 8.38. The van der Waals surface area contributed by atoms with Gasteiger partial charge in [0.05, 0.1) is 14.1 Å². The molecule has 4 bridgehead atoms. The summed E-state index contributed by atoms with van der Waals surface area (Å²) in [5.41, 5.74) is 4.54. The van der Waals surface area contributed by atoms with Gasteiger partial charge in [0.2, 0.25) is 0 Å². The number of aliphatic hydroxyl groups is 1. The van der Waals surface area contributed by atoms with Crippen molar-refractivity contribution in [3.63, 3.8) is 0 Å². The smallest absolute Gasteiger partial charge is 0.137 e. The topological polar surface area (TPSA) is 29.5 Å².